The highest BCUT2D eigenvalue weighted by molar-refractivity contribution is 14.2. The van der Waals surface area contributed by atoms with Gasteiger partial charge in [-0.15, -0.1) is 0 Å². The van der Waals surface area contributed by atoms with Crippen LogP contribution in [0.1, 0.15) is 13.8 Å². The zero-order chi connectivity index (χ0) is 9.78. The first-order valence-electron chi connectivity index (χ1n) is 3.52. The molecular formula is C9H13I2N. The molecule has 0 fully saturated rings. The zero-order valence-corrected chi connectivity index (χ0v) is 11.6. The van der Waals surface area contributed by atoms with E-state index >= 15 is 0 Å². The molecule has 3 heteroatoms. The van der Waals surface area contributed by atoms with Crippen LogP contribution < -0.4 is 5.73 Å². The van der Waals surface area contributed by atoms with E-state index in [4.69, 9.17) is 5.73 Å². The van der Waals surface area contributed by atoms with Gasteiger partial charge in [-0.3, -0.25) is 0 Å². The zero-order valence-electron chi connectivity index (χ0n) is 7.27. The highest BCUT2D eigenvalue weighted by Gasteiger charge is 2.17. The van der Waals surface area contributed by atoms with E-state index in [1.54, 1.807) is 0 Å². The third kappa shape index (κ3) is 5.18. The minimum absolute atomic E-state index is 0.0865. The first kappa shape index (κ1) is 12.5. The average Bonchev–Trinajstić information content (AvgIpc) is 1.85. The number of halogens is 2. The molecule has 0 aromatic heterocycles. The van der Waals surface area contributed by atoms with E-state index in [9.17, 15) is 0 Å². The van der Waals surface area contributed by atoms with Gasteiger partial charge in [0.2, 0.25) is 0 Å². The van der Waals surface area contributed by atoms with Crippen molar-refractivity contribution in [3.63, 3.8) is 0 Å². The fourth-order valence-electron chi connectivity index (χ4n) is 0.615. The van der Waals surface area contributed by atoms with Crippen LogP contribution in [0.2, 0.25) is 0 Å². The predicted molar refractivity (Wildman–Crippen MR) is 72.7 cm³/mol. The van der Waals surface area contributed by atoms with Gasteiger partial charge in [-0.2, -0.15) is 0 Å². The van der Waals surface area contributed by atoms with E-state index in [0.29, 0.717) is 0 Å². The number of nitrogens with two attached hydrogens (primary N) is 1. The molecule has 0 heterocycles. The molecular weight excluding hydrogens is 376 g/mol. The molecule has 0 bridgehead atoms. The molecule has 1 nitrogen and oxygen atoms in total. The molecule has 0 saturated heterocycles. The quantitative estimate of drug-likeness (QED) is 0.446. The maximum absolute atomic E-state index is 5.52. The Labute approximate surface area is 101 Å². The number of alkyl halides is 2. The van der Waals surface area contributed by atoms with Gasteiger partial charge in [0.1, 0.15) is 0 Å². The molecule has 0 aromatic rings. The van der Waals surface area contributed by atoms with Gasteiger partial charge in [-0.1, -0.05) is 63.9 Å². The smallest absolute Gasteiger partial charge is 0.0953 e. The van der Waals surface area contributed by atoms with E-state index in [0.717, 1.165) is 5.70 Å². The predicted octanol–water partition coefficient (Wildman–Crippen LogP) is 3.55. The summed E-state index contributed by atoms with van der Waals surface area (Å²) in [4.78, 5) is 0. The van der Waals surface area contributed by atoms with Crippen molar-refractivity contribution in [1.82, 2.24) is 0 Å². The summed E-state index contributed by atoms with van der Waals surface area (Å²) in [5.74, 6) is 0. The lowest BCUT2D eigenvalue weighted by Gasteiger charge is -2.14. The van der Waals surface area contributed by atoms with Crippen LogP contribution in [-0.4, -0.2) is 1.43 Å². The Morgan fingerprint density at radius 2 is 1.92 bits per heavy atom. The van der Waals surface area contributed by atoms with Gasteiger partial charge in [-0.25, -0.2) is 0 Å². The summed E-state index contributed by atoms with van der Waals surface area (Å²) < 4.78 is 0.0865. The van der Waals surface area contributed by atoms with Gasteiger partial charge in [0.05, 0.1) is 1.43 Å². The maximum atomic E-state index is 5.52. The molecule has 0 unspecified atom stereocenters. The molecule has 0 aliphatic carbocycles. The number of rotatable bonds is 3. The van der Waals surface area contributed by atoms with Gasteiger partial charge >= 0.3 is 0 Å². The summed E-state index contributed by atoms with van der Waals surface area (Å²) in [6, 6.07) is 0. The second-order valence-electron chi connectivity index (χ2n) is 2.63. The van der Waals surface area contributed by atoms with E-state index in [2.05, 4.69) is 58.7 Å². The van der Waals surface area contributed by atoms with Crippen LogP contribution in [0.5, 0.6) is 0 Å². The van der Waals surface area contributed by atoms with Crippen LogP contribution in [-0.2, 0) is 0 Å². The second-order valence-corrected chi connectivity index (χ2v) is 9.00. The minimum Gasteiger partial charge on any atom is -0.402 e. The summed E-state index contributed by atoms with van der Waals surface area (Å²) in [7, 11) is 0. The first-order chi connectivity index (χ1) is 5.38. The second kappa shape index (κ2) is 5.26. The van der Waals surface area contributed by atoms with Gasteiger partial charge in [0.15, 0.2) is 0 Å². The van der Waals surface area contributed by atoms with Crippen LogP contribution in [0.3, 0.4) is 0 Å². The van der Waals surface area contributed by atoms with Crippen molar-refractivity contribution in [3.8, 4) is 0 Å². The van der Waals surface area contributed by atoms with E-state index in [1.165, 1.54) is 5.57 Å². The highest BCUT2D eigenvalue weighted by atomic mass is 127. The van der Waals surface area contributed by atoms with Gasteiger partial charge in [0, 0.05) is 5.70 Å². The molecule has 0 rings (SSSR count). The Morgan fingerprint density at radius 3 is 2.17 bits per heavy atom. The molecule has 2 N–H and O–H groups in total. The molecule has 0 saturated carbocycles. The molecule has 0 radical (unpaired) electrons. The lowest BCUT2D eigenvalue weighted by Crippen LogP contribution is -2.06. The van der Waals surface area contributed by atoms with Crippen molar-refractivity contribution in [2.45, 2.75) is 15.3 Å². The third-order valence-corrected chi connectivity index (χ3v) is 2.50. The maximum Gasteiger partial charge on any atom is 0.0953 e. The van der Waals surface area contributed by atoms with E-state index < -0.39 is 0 Å². The standard InChI is InChI=1S/C9H13I2N/c1-4-8(9(3,10)11)6-5-7(2)12/h4-6H,1,12H2,2-3H3/b7-5-,8-6+. The Bertz CT molecular complexity index is 217. The third-order valence-electron chi connectivity index (χ3n) is 1.25. The summed E-state index contributed by atoms with van der Waals surface area (Å²) >= 11 is 4.72. The molecule has 0 spiro atoms. The molecule has 68 valence electrons. The van der Waals surface area contributed by atoms with Crippen molar-refractivity contribution in [2.75, 3.05) is 0 Å². The Kier molecular flexibility index (Phi) is 5.47. The van der Waals surface area contributed by atoms with Crippen molar-refractivity contribution in [3.05, 3.63) is 36.1 Å². The molecule has 12 heavy (non-hydrogen) atoms. The van der Waals surface area contributed by atoms with Crippen LogP contribution >= 0.6 is 45.2 Å². The monoisotopic (exact) mass is 389 g/mol. The van der Waals surface area contributed by atoms with E-state index in [1.807, 2.05) is 25.2 Å². The van der Waals surface area contributed by atoms with Crippen LogP contribution in [0, 0.1) is 0 Å². The number of hydrogen-bond donors (Lipinski definition) is 1. The molecule has 0 aliphatic heterocycles. The fourth-order valence-corrected chi connectivity index (χ4v) is 1.41. The summed E-state index contributed by atoms with van der Waals surface area (Å²) in [5.41, 5.74) is 7.50. The van der Waals surface area contributed by atoms with Crippen LogP contribution in [0.15, 0.2) is 36.1 Å². The number of hydrogen-bond acceptors (Lipinski definition) is 1. The van der Waals surface area contributed by atoms with Crippen molar-refractivity contribution in [1.29, 1.82) is 0 Å². The molecule has 0 atom stereocenters. The summed E-state index contributed by atoms with van der Waals surface area (Å²) in [6.07, 6.45) is 5.76. The fraction of sp³-hybridized carbons (Fsp3) is 0.333. The van der Waals surface area contributed by atoms with Gasteiger partial charge < -0.3 is 5.73 Å². The molecule has 0 aliphatic rings. The van der Waals surface area contributed by atoms with E-state index in [-0.39, 0.29) is 1.43 Å². The summed E-state index contributed by atoms with van der Waals surface area (Å²) in [5, 5.41) is 0. The van der Waals surface area contributed by atoms with Crippen LogP contribution in [0.25, 0.3) is 0 Å². The highest BCUT2D eigenvalue weighted by Crippen LogP contribution is 2.35. The lowest BCUT2D eigenvalue weighted by atomic mass is 10.2. The summed E-state index contributed by atoms with van der Waals surface area (Å²) in [6.45, 7) is 7.75. The Morgan fingerprint density at radius 1 is 1.42 bits per heavy atom. The Hall–Kier alpha value is 0.480. The van der Waals surface area contributed by atoms with Crippen LogP contribution in [0.4, 0.5) is 0 Å². The first-order valence-corrected chi connectivity index (χ1v) is 5.68. The van der Waals surface area contributed by atoms with Gasteiger partial charge in [-0.05, 0) is 25.5 Å². The van der Waals surface area contributed by atoms with Gasteiger partial charge in [0.25, 0.3) is 0 Å². The lowest BCUT2D eigenvalue weighted by molar-refractivity contribution is 1.18. The Balaban J connectivity index is 4.68. The normalized spacial score (nSPS) is 14.7. The van der Waals surface area contributed by atoms with Crippen molar-refractivity contribution in [2.24, 2.45) is 5.73 Å². The SMILES string of the molecule is C=C/C(=C\C=C(\C)N)C(C)(I)I. The van der Waals surface area contributed by atoms with Crippen molar-refractivity contribution < 1.29 is 0 Å². The molecule has 0 amide bonds. The molecule has 0 aromatic carbocycles. The largest absolute Gasteiger partial charge is 0.402 e. The van der Waals surface area contributed by atoms with Crippen molar-refractivity contribution >= 4 is 45.2 Å². The topological polar surface area (TPSA) is 26.0 Å². The number of allylic oxidation sites excluding steroid dienone is 5. The minimum atomic E-state index is 0.0865. The average molecular weight is 389 g/mol.